The smallest absolute Gasteiger partial charge is 0.269 e. The Bertz CT molecular complexity index is 974. The molecule has 2 aromatic carbocycles. The van der Waals surface area contributed by atoms with Gasteiger partial charge in [-0.15, -0.1) is 0 Å². The van der Waals surface area contributed by atoms with Crippen LogP contribution in [0.25, 0.3) is 0 Å². The van der Waals surface area contributed by atoms with Gasteiger partial charge in [0.15, 0.2) is 0 Å². The molecule has 5 heteroatoms. The number of aryl methyl sites for hydroxylation is 1. The van der Waals surface area contributed by atoms with Crippen molar-refractivity contribution in [3.05, 3.63) is 99.4 Å². The lowest BCUT2D eigenvalue weighted by Crippen LogP contribution is -2.29. The van der Waals surface area contributed by atoms with Crippen LogP contribution in [0.3, 0.4) is 0 Å². The van der Waals surface area contributed by atoms with Crippen molar-refractivity contribution < 1.29 is 4.92 Å². The number of aromatic nitrogens is 1. The minimum absolute atomic E-state index is 0.138. The number of nitrogens with zero attached hydrogens (tertiary/aromatic N) is 3. The van der Waals surface area contributed by atoms with Gasteiger partial charge in [0, 0.05) is 43.7 Å². The van der Waals surface area contributed by atoms with Crippen molar-refractivity contribution in [2.45, 2.75) is 45.3 Å². The molecule has 150 valence electrons. The first kappa shape index (κ1) is 19.4. The second-order valence-corrected chi connectivity index (χ2v) is 8.10. The van der Waals surface area contributed by atoms with Crippen LogP contribution in [0.15, 0.2) is 66.9 Å². The molecule has 5 nitrogen and oxygen atoms in total. The Morgan fingerprint density at radius 3 is 2.41 bits per heavy atom. The average molecular weight is 389 g/mol. The molecule has 29 heavy (non-hydrogen) atoms. The zero-order chi connectivity index (χ0) is 20.4. The molecule has 0 fully saturated rings. The van der Waals surface area contributed by atoms with Gasteiger partial charge in [0.2, 0.25) is 0 Å². The van der Waals surface area contributed by atoms with Gasteiger partial charge in [-0.2, -0.15) is 0 Å². The first-order valence-corrected chi connectivity index (χ1v) is 10.2. The molecule has 4 rings (SSSR count). The van der Waals surface area contributed by atoms with Crippen molar-refractivity contribution in [1.29, 1.82) is 0 Å². The van der Waals surface area contributed by atoms with Gasteiger partial charge in [0.1, 0.15) is 0 Å². The Kier molecular flexibility index (Phi) is 5.49. The van der Waals surface area contributed by atoms with Crippen LogP contribution in [0.5, 0.6) is 0 Å². The van der Waals surface area contributed by atoms with E-state index in [1.165, 1.54) is 16.8 Å². The summed E-state index contributed by atoms with van der Waals surface area (Å²) >= 11 is 0. The summed E-state index contributed by atoms with van der Waals surface area (Å²) in [6.45, 7) is 7.19. The van der Waals surface area contributed by atoms with Crippen LogP contribution in [0.1, 0.15) is 54.6 Å². The summed E-state index contributed by atoms with van der Waals surface area (Å²) in [5.41, 5.74) is 5.18. The summed E-state index contributed by atoms with van der Waals surface area (Å²) in [6, 6.07) is 20.5. The topological polar surface area (TPSA) is 51.3 Å². The molecule has 0 saturated heterocycles. The fourth-order valence-corrected chi connectivity index (χ4v) is 4.21. The van der Waals surface area contributed by atoms with Crippen LogP contribution in [-0.4, -0.2) is 20.9 Å². The van der Waals surface area contributed by atoms with E-state index >= 15 is 0 Å². The summed E-state index contributed by atoms with van der Waals surface area (Å²) in [6.07, 6.45) is 3.25. The van der Waals surface area contributed by atoms with Gasteiger partial charge in [-0.1, -0.05) is 50.2 Å². The van der Waals surface area contributed by atoms with Crippen molar-refractivity contribution in [3.8, 4) is 0 Å². The van der Waals surface area contributed by atoms with E-state index in [4.69, 9.17) is 0 Å². The van der Waals surface area contributed by atoms with Crippen molar-refractivity contribution in [3.63, 3.8) is 0 Å². The van der Waals surface area contributed by atoms with Gasteiger partial charge in [-0.25, -0.2) is 0 Å². The third kappa shape index (κ3) is 4.10. The Hall–Kier alpha value is -2.92. The van der Waals surface area contributed by atoms with Crippen LogP contribution in [0.2, 0.25) is 0 Å². The van der Waals surface area contributed by atoms with E-state index < -0.39 is 0 Å². The molecule has 0 N–H and O–H groups in total. The molecule has 0 aliphatic carbocycles. The minimum atomic E-state index is -0.346. The Morgan fingerprint density at radius 2 is 1.76 bits per heavy atom. The molecule has 3 aromatic rings. The largest absolute Gasteiger partial charge is 0.350 e. The summed E-state index contributed by atoms with van der Waals surface area (Å²) < 4.78 is 2.36. The van der Waals surface area contributed by atoms with Gasteiger partial charge >= 0.3 is 0 Å². The molecular weight excluding hydrogens is 362 g/mol. The van der Waals surface area contributed by atoms with E-state index in [2.05, 4.69) is 65.9 Å². The third-order valence-corrected chi connectivity index (χ3v) is 5.81. The maximum atomic E-state index is 11.0. The predicted molar refractivity (Wildman–Crippen MR) is 115 cm³/mol. The van der Waals surface area contributed by atoms with E-state index in [9.17, 15) is 10.1 Å². The van der Waals surface area contributed by atoms with E-state index in [0.29, 0.717) is 5.92 Å². The number of hydrogen-bond acceptors (Lipinski definition) is 3. The normalized spacial score (nSPS) is 17.1. The highest BCUT2D eigenvalue weighted by Crippen LogP contribution is 2.34. The van der Waals surface area contributed by atoms with Gasteiger partial charge < -0.3 is 4.57 Å². The molecule has 1 unspecified atom stereocenters. The fraction of sp³-hybridized carbons (Fsp3) is 0.333. The zero-order valence-electron chi connectivity index (χ0n) is 17.0. The molecule has 0 saturated carbocycles. The monoisotopic (exact) mass is 389 g/mol. The summed E-state index contributed by atoms with van der Waals surface area (Å²) in [4.78, 5) is 13.1. The quantitative estimate of drug-likeness (QED) is 0.427. The number of fused-ring (bicyclic) bond motifs is 1. The average Bonchev–Trinajstić information content (AvgIpc) is 3.10. The highest BCUT2D eigenvalue weighted by Gasteiger charge is 2.27. The maximum Gasteiger partial charge on any atom is 0.269 e. The van der Waals surface area contributed by atoms with E-state index in [1.807, 2.05) is 12.1 Å². The number of benzene rings is 2. The second kappa shape index (κ2) is 8.21. The predicted octanol–water partition coefficient (Wildman–Crippen LogP) is 5.52. The lowest BCUT2D eigenvalue weighted by atomic mass is 9.96. The Balaban J connectivity index is 1.67. The van der Waals surface area contributed by atoms with Gasteiger partial charge in [0.25, 0.3) is 5.69 Å². The number of nitro groups is 1. The molecule has 0 amide bonds. The van der Waals surface area contributed by atoms with E-state index in [1.54, 1.807) is 12.1 Å². The summed E-state index contributed by atoms with van der Waals surface area (Å²) in [5, 5.41) is 11.0. The molecule has 0 radical (unpaired) electrons. The summed E-state index contributed by atoms with van der Waals surface area (Å²) in [5.74, 6) is 0.512. The fourth-order valence-electron chi connectivity index (χ4n) is 4.21. The highest BCUT2D eigenvalue weighted by molar-refractivity contribution is 5.35. The van der Waals surface area contributed by atoms with Crippen LogP contribution in [0, 0.1) is 10.1 Å². The molecule has 0 bridgehead atoms. The maximum absolute atomic E-state index is 11.0. The van der Waals surface area contributed by atoms with Gasteiger partial charge in [-0.05, 0) is 41.2 Å². The summed E-state index contributed by atoms with van der Waals surface area (Å²) in [7, 11) is 0. The zero-order valence-corrected chi connectivity index (χ0v) is 17.0. The van der Waals surface area contributed by atoms with E-state index in [0.717, 1.165) is 31.6 Å². The van der Waals surface area contributed by atoms with Crippen molar-refractivity contribution in [2.75, 3.05) is 6.54 Å². The SMILES string of the molecule is CC(C)c1ccc(C2c3cccn3CCCN2Cc2ccc([N+](=O)[O-])cc2)cc1. The molecule has 1 aliphatic rings. The molecule has 1 aliphatic heterocycles. The lowest BCUT2D eigenvalue weighted by molar-refractivity contribution is -0.384. The van der Waals surface area contributed by atoms with Crippen LogP contribution in [0.4, 0.5) is 5.69 Å². The third-order valence-electron chi connectivity index (χ3n) is 5.81. The first-order chi connectivity index (χ1) is 14.0. The first-order valence-electron chi connectivity index (χ1n) is 10.2. The number of hydrogen-bond donors (Lipinski definition) is 0. The molecule has 1 atom stereocenters. The molecular formula is C24H27N3O2. The van der Waals surface area contributed by atoms with Crippen LogP contribution in [-0.2, 0) is 13.1 Å². The van der Waals surface area contributed by atoms with Crippen molar-refractivity contribution >= 4 is 5.69 Å². The van der Waals surface area contributed by atoms with Gasteiger partial charge in [-0.3, -0.25) is 15.0 Å². The molecule has 0 spiro atoms. The van der Waals surface area contributed by atoms with Gasteiger partial charge in [0.05, 0.1) is 11.0 Å². The Morgan fingerprint density at radius 1 is 1.03 bits per heavy atom. The number of non-ortho nitro benzene ring substituents is 1. The standard InChI is InChI=1S/C24H27N3O2/c1-18(2)20-8-10-21(11-9-20)24-23-5-3-14-25(23)15-4-16-26(24)17-19-6-12-22(13-7-19)27(28)29/h3,5-14,18,24H,4,15-17H2,1-2H3. The molecule has 1 aromatic heterocycles. The second-order valence-electron chi connectivity index (χ2n) is 8.10. The number of rotatable bonds is 5. The van der Waals surface area contributed by atoms with E-state index in [-0.39, 0.29) is 16.7 Å². The number of nitro benzene ring substituents is 1. The Labute approximate surface area is 171 Å². The molecule has 2 heterocycles. The highest BCUT2D eigenvalue weighted by atomic mass is 16.6. The van der Waals surface area contributed by atoms with Crippen molar-refractivity contribution in [1.82, 2.24) is 9.47 Å². The van der Waals surface area contributed by atoms with Crippen LogP contribution >= 0.6 is 0 Å². The minimum Gasteiger partial charge on any atom is -0.350 e. The van der Waals surface area contributed by atoms with Crippen LogP contribution < -0.4 is 0 Å². The lowest BCUT2D eigenvalue weighted by Gasteiger charge is -2.31. The van der Waals surface area contributed by atoms with Crippen molar-refractivity contribution in [2.24, 2.45) is 0 Å².